The minimum absolute atomic E-state index is 0.0272. The van der Waals surface area contributed by atoms with Crippen molar-refractivity contribution in [2.75, 3.05) is 0 Å². The summed E-state index contributed by atoms with van der Waals surface area (Å²) in [6.07, 6.45) is 0.102. The molecule has 0 spiro atoms. The number of carbonyl (C=O) groups is 1. The third kappa shape index (κ3) is 2.45. The van der Waals surface area contributed by atoms with E-state index in [9.17, 15) is 4.79 Å². The highest BCUT2D eigenvalue weighted by Gasteiger charge is 2.23. The van der Waals surface area contributed by atoms with Gasteiger partial charge in [-0.05, 0) is 17.0 Å². The van der Waals surface area contributed by atoms with Gasteiger partial charge in [-0.15, -0.1) is 0 Å². The fraction of sp³-hybridized carbons (Fsp3) is 0.429. The Kier molecular flexibility index (Phi) is 3.31. The van der Waals surface area contributed by atoms with E-state index >= 15 is 0 Å². The van der Waals surface area contributed by atoms with Gasteiger partial charge in [0.25, 0.3) is 0 Å². The van der Waals surface area contributed by atoms with Crippen molar-refractivity contribution in [2.45, 2.75) is 32.6 Å². The second-order valence-electron chi connectivity index (χ2n) is 5.78. The topological polar surface area (TPSA) is 60.9 Å². The number of hydrogen-bond donors (Lipinski definition) is 1. The quantitative estimate of drug-likeness (QED) is 0.918. The molecule has 0 unspecified atom stereocenters. The van der Waals surface area contributed by atoms with Crippen LogP contribution in [0.5, 0.6) is 0 Å². The first kappa shape index (κ1) is 13.9. The Hall–Kier alpha value is -1.55. The predicted octanol–water partition coefficient (Wildman–Crippen LogP) is 2.55. The second kappa shape index (κ2) is 4.53. The summed E-state index contributed by atoms with van der Waals surface area (Å²) in [5, 5.41) is 5.83. The molecule has 0 radical (unpaired) electrons. The number of benzene rings is 1. The first-order valence-corrected chi connectivity index (χ1v) is 6.52. The maximum absolute atomic E-state index is 11.1. The van der Waals surface area contributed by atoms with Crippen molar-refractivity contribution < 1.29 is 4.79 Å². The van der Waals surface area contributed by atoms with Crippen molar-refractivity contribution in [1.29, 1.82) is 0 Å². The van der Waals surface area contributed by atoms with Crippen LogP contribution in [0.15, 0.2) is 12.1 Å². The van der Waals surface area contributed by atoms with Gasteiger partial charge in [-0.2, -0.15) is 5.10 Å². The number of rotatable bonds is 2. The number of fused-ring (bicyclic) bond motifs is 1. The SMILES string of the molecule is Cn1nc(CC(N)=O)c2c(Cl)ccc(C(C)(C)C)c21. The highest BCUT2D eigenvalue weighted by atomic mass is 35.5. The third-order valence-corrected chi connectivity index (χ3v) is 3.47. The summed E-state index contributed by atoms with van der Waals surface area (Å²) in [4.78, 5) is 11.1. The fourth-order valence-electron chi connectivity index (χ4n) is 2.35. The van der Waals surface area contributed by atoms with Gasteiger partial charge in [0.15, 0.2) is 0 Å². The number of nitrogens with zero attached hydrogens (tertiary/aromatic N) is 2. The first-order valence-electron chi connectivity index (χ1n) is 6.14. The number of nitrogens with two attached hydrogens (primary N) is 1. The Labute approximate surface area is 117 Å². The lowest BCUT2D eigenvalue weighted by molar-refractivity contribution is -0.117. The lowest BCUT2D eigenvalue weighted by atomic mass is 9.85. The van der Waals surface area contributed by atoms with Crippen LogP contribution in [0.4, 0.5) is 0 Å². The number of halogens is 1. The smallest absolute Gasteiger partial charge is 0.223 e. The van der Waals surface area contributed by atoms with Crippen LogP contribution in [0.3, 0.4) is 0 Å². The molecule has 5 heteroatoms. The normalized spacial score (nSPS) is 12.1. The molecule has 1 aromatic carbocycles. The molecule has 0 aliphatic heterocycles. The molecule has 2 aromatic rings. The number of amides is 1. The molecule has 102 valence electrons. The van der Waals surface area contributed by atoms with E-state index < -0.39 is 5.91 Å². The largest absolute Gasteiger partial charge is 0.369 e. The Morgan fingerprint density at radius 3 is 2.58 bits per heavy atom. The van der Waals surface area contributed by atoms with E-state index in [1.54, 1.807) is 4.68 Å². The van der Waals surface area contributed by atoms with Gasteiger partial charge >= 0.3 is 0 Å². The van der Waals surface area contributed by atoms with Crippen LogP contribution in [0, 0.1) is 0 Å². The van der Waals surface area contributed by atoms with Gasteiger partial charge in [0, 0.05) is 12.4 Å². The molecule has 0 aliphatic carbocycles. The minimum Gasteiger partial charge on any atom is -0.369 e. The molecule has 0 saturated carbocycles. The summed E-state index contributed by atoms with van der Waals surface area (Å²) >= 11 is 6.28. The van der Waals surface area contributed by atoms with Crippen molar-refractivity contribution in [1.82, 2.24) is 9.78 Å². The van der Waals surface area contributed by atoms with Gasteiger partial charge in [-0.25, -0.2) is 0 Å². The fourth-order valence-corrected chi connectivity index (χ4v) is 2.61. The molecule has 2 rings (SSSR count). The number of hydrogen-bond acceptors (Lipinski definition) is 2. The number of carbonyl (C=O) groups excluding carboxylic acids is 1. The summed E-state index contributed by atoms with van der Waals surface area (Å²) in [7, 11) is 1.86. The first-order chi connectivity index (χ1) is 8.71. The Balaban J connectivity index is 2.81. The van der Waals surface area contributed by atoms with Crippen molar-refractivity contribution >= 4 is 28.4 Å². The second-order valence-corrected chi connectivity index (χ2v) is 6.19. The van der Waals surface area contributed by atoms with Crippen LogP contribution in [0.25, 0.3) is 10.9 Å². The highest BCUT2D eigenvalue weighted by molar-refractivity contribution is 6.35. The molecular formula is C14H18ClN3O. The van der Waals surface area contributed by atoms with Crippen LogP contribution >= 0.6 is 11.6 Å². The molecule has 1 amide bonds. The molecule has 0 saturated heterocycles. The third-order valence-electron chi connectivity index (χ3n) is 3.16. The zero-order valence-corrected chi connectivity index (χ0v) is 12.4. The predicted molar refractivity (Wildman–Crippen MR) is 77.3 cm³/mol. The molecule has 19 heavy (non-hydrogen) atoms. The summed E-state index contributed by atoms with van der Waals surface area (Å²) < 4.78 is 1.78. The summed E-state index contributed by atoms with van der Waals surface area (Å²) in [5.74, 6) is -0.405. The maximum atomic E-state index is 11.1. The lowest BCUT2D eigenvalue weighted by Gasteiger charge is -2.21. The highest BCUT2D eigenvalue weighted by Crippen LogP contribution is 2.35. The monoisotopic (exact) mass is 279 g/mol. The van der Waals surface area contributed by atoms with Gasteiger partial charge in [0.1, 0.15) is 0 Å². The van der Waals surface area contributed by atoms with Crippen LogP contribution in [-0.2, 0) is 23.7 Å². The molecular weight excluding hydrogens is 262 g/mol. The van der Waals surface area contributed by atoms with Gasteiger partial charge in [0.2, 0.25) is 5.91 Å². The maximum Gasteiger partial charge on any atom is 0.223 e. The minimum atomic E-state index is -0.405. The molecule has 0 aliphatic rings. The van der Waals surface area contributed by atoms with Crippen LogP contribution in [0.2, 0.25) is 5.02 Å². The van der Waals surface area contributed by atoms with Gasteiger partial charge in [-0.3, -0.25) is 9.48 Å². The summed E-state index contributed by atoms with van der Waals surface area (Å²) in [6, 6.07) is 3.87. The van der Waals surface area contributed by atoms with Gasteiger partial charge in [-0.1, -0.05) is 38.4 Å². The van der Waals surface area contributed by atoms with Crippen LogP contribution < -0.4 is 5.73 Å². The number of aromatic nitrogens is 2. The van der Waals surface area contributed by atoms with E-state index in [1.807, 2.05) is 19.2 Å². The summed E-state index contributed by atoms with van der Waals surface area (Å²) in [5.41, 5.74) is 8.00. The van der Waals surface area contributed by atoms with E-state index in [1.165, 1.54) is 0 Å². The Bertz CT molecular complexity index is 653. The van der Waals surface area contributed by atoms with E-state index in [2.05, 4.69) is 25.9 Å². The zero-order valence-electron chi connectivity index (χ0n) is 11.6. The lowest BCUT2D eigenvalue weighted by Crippen LogP contribution is -2.14. The average molecular weight is 280 g/mol. The molecule has 4 nitrogen and oxygen atoms in total. The number of aryl methyl sites for hydroxylation is 1. The van der Waals surface area contributed by atoms with Crippen LogP contribution in [-0.4, -0.2) is 15.7 Å². The zero-order chi connectivity index (χ0) is 14.4. The van der Waals surface area contributed by atoms with Crippen molar-refractivity contribution in [3.8, 4) is 0 Å². The van der Waals surface area contributed by atoms with E-state index in [4.69, 9.17) is 17.3 Å². The van der Waals surface area contributed by atoms with Crippen molar-refractivity contribution in [3.63, 3.8) is 0 Å². The average Bonchev–Trinajstić information content (AvgIpc) is 2.54. The molecule has 1 heterocycles. The number of primary amides is 1. The molecule has 0 fully saturated rings. The molecule has 0 bridgehead atoms. The van der Waals surface area contributed by atoms with E-state index in [0.717, 1.165) is 16.5 Å². The Morgan fingerprint density at radius 1 is 1.42 bits per heavy atom. The van der Waals surface area contributed by atoms with Gasteiger partial charge in [0.05, 0.1) is 22.7 Å². The standard InChI is InChI=1S/C14H18ClN3O/c1-14(2,3)8-5-6-9(15)12-10(7-11(16)19)17-18(4)13(8)12/h5-6H,7H2,1-4H3,(H2,16,19). The van der Waals surface area contributed by atoms with E-state index in [0.29, 0.717) is 10.7 Å². The van der Waals surface area contributed by atoms with Crippen molar-refractivity contribution in [2.24, 2.45) is 12.8 Å². The van der Waals surface area contributed by atoms with Crippen LogP contribution in [0.1, 0.15) is 32.0 Å². The molecule has 1 aromatic heterocycles. The van der Waals surface area contributed by atoms with Crippen molar-refractivity contribution in [3.05, 3.63) is 28.4 Å². The summed E-state index contributed by atoms with van der Waals surface area (Å²) in [6.45, 7) is 6.41. The molecule has 2 N–H and O–H groups in total. The Morgan fingerprint density at radius 2 is 2.05 bits per heavy atom. The molecule has 0 atom stereocenters. The van der Waals surface area contributed by atoms with E-state index in [-0.39, 0.29) is 11.8 Å². The van der Waals surface area contributed by atoms with Gasteiger partial charge < -0.3 is 5.73 Å².